The Balaban J connectivity index is 0.00000324. The molecule has 1 atom stereocenters. The van der Waals surface area contributed by atoms with Crippen LogP contribution in [0.1, 0.15) is 30.6 Å². The van der Waals surface area contributed by atoms with Crippen LogP contribution in [0.3, 0.4) is 0 Å². The summed E-state index contributed by atoms with van der Waals surface area (Å²) in [7, 11) is 0. The molecule has 0 bridgehead atoms. The summed E-state index contributed by atoms with van der Waals surface area (Å²) in [4.78, 5) is 22.9. The van der Waals surface area contributed by atoms with Crippen LogP contribution >= 0.6 is 12.4 Å². The molecule has 0 saturated carbocycles. The standard InChI is InChI=1S/C13H18N2O3.ClH/c1-3-11(14)12(16)15-10-7-5-9(6-8-10)13(17)18-4-2;/h5-8,11H,3-4,14H2,1-2H3,(H,15,16);1H/t11-;/m0./s1. The number of anilines is 1. The minimum Gasteiger partial charge on any atom is -0.462 e. The Morgan fingerprint density at radius 1 is 1.26 bits per heavy atom. The molecule has 0 aliphatic rings. The largest absolute Gasteiger partial charge is 0.462 e. The molecule has 6 heteroatoms. The van der Waals surface area contributed by atoms with Gasteiger partial charge in [0.05, 0.1) is 18.2 Å². The number of rotatable bonds is 5. The van der Waals surface area contributed by atoms with Crippen LogP contribution in [0.15, 0.2) is 24.3 Å². The smallest absolute Gasteiger partial charge is 0.338 e. The van der Waals surface area contributed by atoms with Crippen LogP contribution < -0.4 is 11.1 Å². The molecule has 0 spiro atoms. The lowest BCUT2D eigenvalue weighted by Gasteiger charge is -2.10. The summed E-state index contributed by atoms with van der Waals surface area (Å²) in [5, 5.41) is 2.67. The minimum absolute atomic E-state index is 0. The molecule has 0 saturated heterocycles. The van der Waals surface area contributed by atoms with Crippen molar-refractivity contribution in [3.63, 3.8) is 0 Å². The molecule has 1 aromatic rings. The van der Waals surface area contributed by atoms with Gasteiger partial charge in [0.1, 0.15) is 0 Å². The van der Waals surface area contributed by atoms with E-state index in [1.54, 1.807) is 31.2 Å². The van der Waals surface area contributed by atoms with Crippen LogP contribution in [-0.4, -0.2) is 24.5 Å². The number of nitrogens with two attached hydrogens (primary N) is 1. The summed E-state index contributed by atoms with van der Waals surface area (Å²) >= 11 is 0. The van der Waals surface area contributed by atoms with Gasteiger partial charge in [-0.1, -0.05) is 6.92 Å². The highest BCUT2D eigenvalue weighted by Crippen LogP contribution is 2.11. The molecule has 0 radical (unpaired) electrons. The quantitative estimate of drug-likeness (QED) is 0.811. The highest BCUT2D eigenvalue weighted by Gasteiger charge is 2.11. The van der Waals surface area contributed by atoms with Crippen molar-refractivity contribution in [2.45, 2.75) is 26.3 Å². The molecule has 1 amide bonds. The SMILES string of the molecule is CCOC(=O)c1ccc(NC(=O)[C@@H](N)CC)cc1.Cl. The Morgan fingerprint density at radius 3 is 2.32 bits per heavy atom. The molecule has 0 fully saturated rings. The van der Waals surface area contributed by atoms with Crippen molar-refractivity contribution in [1.82, 2.24) is 0 Å². The molecule has 0 aliphatic carbocycles. The number of nitrogens with one attached hydrogen (secondary N) is 1. The van der Waals surface area contributed by atoms with E-state index in [2.05, 4.69) is 5.32 Å². The van der Waals surface area contributed by atoms with Gasteiger partial charge < -0.3 is 15.8 Å². The first kappa shape index (κ1) is 17.4. The van der Waals surface area contributed by atoms with Gasteiger partial charge in [-0.3, -0.25) is 4.79 Å². The van der Waals surface area contributed by atoms with Crippen LogP contribution in [0, 0.1) is 0 Å². The lowest BCUT2D eigenvalue weighted by atomic mass is 10.2. The first-order chi connectivity index (χ1) is 8.58. The predicted octanol–water partition coefficient (Wildman–Crippen LogP) is 1.96. The molecule has 3 N–H and O–H groups in total. The van der Waals surface area contributed by atoms with E-state index in [0.29, 0.717) is 24.3 Å². The van der Waals surface area contributed by atoms with Crippen molar-refractivity contribution in [3.8, 4) is 0 Å². The van der Waals surface area contributed by atoms with Crippen LogP contribution in [0.5, 0.6) is 0 Å². The zero-order valence-corrected chi connectivity index (χ0v) is 11.8. The summed E-state index contributed by atoms with van der Waals surface area (Å²) in [6.45, 7) is 3.93. The molecule has 5 nitrogen and oxygen atoms in total. The number of halogens is 1. The average Bonchev–Trinajstić information content (AvgIpc) is 2.38. The third kappa shape index (κ3) is 5.28. The number of benzene rings is 1. The minimum atomic E-state index is -0.519. The Bertz CT molecular complexity index is 420. The third-order valence-corrected chi connectivity index (χ3v) is 2.44. The van der Waals surface area contributed by atoms with Gasteiger partial charge >= 0.3 is 5.97 Å². The zero-order chi connectivity index (χ0) is 13.5. The van der Waals surface area contributed by atoms with Gasteiger partial charge in [-0.25, -0.2) is 4.79 Å². The number of carbonyl (C=O) groups excluding carboxylic acids is 2. The van der Waals surface area contributed by atoms with E-state index >= 15 is 0 Å². The molecule has 1 aromatic carbocycles. The summed E-state index contributed by atoms with van der Waals surface area (Å²) in [6.07, 6.45) is 0.576. The van der Waals surface area contributed by atoms with Gasteiger partial charge in [0.25, 0.3) is 0 Å². The Kier molecular flexibility index (Phi) is 7.79. The second-order valence-electron chi connectivity index (χ2n) is 3.80. The summed E-state index contributed by atoms with van der Waals surface area (Å²) in [5.41, 5.74) is 6.66. The average molecular weight is 287 g/mol. The maximum Gasteiger partial charge on any atom is 0.338 e. The van der Waals surface area contributed by atoms with E-state index in [9.17, 15) is 9.59 Å². The summed E-state index contributed by atoms with van der Waals surface area (Å²) in [5.74, 6) is -0.609. The van der Waals surface area contributed by atoms with Crippen molar-refractivity contribution in [3.05, 3.63) is 29.8 Å². The van der Waals surface area contributed by atoms with Crippen molar-refractivity contribution >= 4 is 30.0 Å². The number of esters is 1. The molecular formula is C13H19ClN2O3. The van der Waals surface area contributed by atoms with E-state index in [1.165, 1.54) is 0 Å². The first-order valence-corrected chi connectivity index (χ1v) is 5.92. The Labute approximate surface area is 118 Å². The summed E-state index contributed by atoms with van der Waals surface area (Å²) < 4.78 is 4.86. The molecule has 0 aromatic heterocycles. The number of hydrogen-bond acceptors (Lipinski definition) is 4. The molecule has 0 aliphatic heterocycles. The predicted molar refractivity (Wildman–Crippen MR) is 76.5 cm³/mol. The van der Waals surface area contributed by atoms with Crippen molar-refractivity contribution in [2.75, 3.05) is 11.9 Å². The van der Waals surface area contributed by atoms with Gasteiger partial charge in [-0.15, -0.1) is 12.4 Å². The van der Waals surface area contributed by atoms with E-state index in [4.69, 9.17) is 10.5 Å². The lowest BCUT2D eigenvalue weighted by Crippen LogP contribution is -2.34. The normalized spacial score (nSPS) is 11.1. The second kappa shape index (κ2) is 8.50. The van der Waals surface area contributed by atoms with Crippen LogP contribution in [-0.2, 0) is 9.53 Å². The fraction of sp³-hybridized carbons (Fsp3) is 0.385. The fourth-order valence-corrected chi connectivity index (χ4v) is 1.32. The number of ether oxygens (including phenoxy) is 1. The maximum absolute atomic E-state index is 11.5. The molecule has 106 valence electrons. The van der Waals surface area contributed by atoms with E-state index in [-0.39, 0.29) is 24.3 Å². The molecule has 0 heterocycles. The van der Waals surface area contributed by atoms with Crippen LogP contribution in [0.4, 0.5) is 5.69 Å². The number of amides is 1. The molecule has 0 unspecified atom stereocenters. The zero-order valence-electron chi connectivity index (χ0n) is 11.0. The molecule has 1 rings (SSSR count). The van der Waals surface area contributed by atoms with Crippen LogP contribution in [0.2, 0.25) is 0 Å². The van der Waals surface area contributed by atoms with E-state index in [1.807, 2.05) is 6.92 Å². The number of hydrogen-bond donors (Lipinski definition) is 2. The highest BCUT2D eigenvalue weighted by molar-refractivity contribution is 5.95. The maximum atomic E-state index is 11.5. The fourth-order valence-electron chi connectivity index (χ4n) is 1.32. The van der Waals surface area contributed by atoms with Gasteiger partial charge in [0, 0.05) is 5.69 Å². The van der Waals surface area contributed by atoms with Crippen molar-refractivity contribution < 1.29 is 14.3 Å². The summed E-state index contributed by atoms with van der Waals surface area (Å²) in [6, 6.07) is 5.98. The number of carbonyl (C=O) groups is 2. The van der Waals surface area contributed by atoms with Crippen molar-refractivity contribution in [1.29, 1.82) is 0 Å². The Hall–Kier alpha value is -1.59. The molecular weight excluding hydrogens is 268 g/mol. The van der Waals surface area contributed by atoms with Crippen molar-refractivity contribution in [2.24, 2.45) is 5.73 Å². The van der Waals surface area contributed by atoms with Gasteiger partial charge in [0.15, 0.2) is 0 Å². The van der Waals surface area contributed by atoms with Gasteiger partial charge in [0.2, 0.25) is 5.91 Å². The topological polar surface area (TPSA) is 81.4 Å². The van der Waals surface area contributed by atoms with Gasteiger partial charge in [-0.05, 0) is 37.6 Å². The first-order valence-electron chi connectivity index (χ1n) is 5.92. The van der Waals surface area contributed by atoms with Gasteiger partial charge in [-0.2, -0.15) is 0 Å². The van der Waals surface area contributed by atoms with E-state index < -0.39 is 6.04 Å². The second-order valence-corrected chi connectivity index (χ2v) is 3.80. The Morgan fingerprint density at radius 2 is 1.84 bits per heavy atom. The highest BCUT2D eigenvalue weighted by atomic mass is 35.5. The van der Waals surface area contributed by atoms with Crippen LogP contribution in [0.25, 0.3) is 0 Å². The monoisotopic (exact) mass is 286 g/mol. The molecule has 19 heavy (non-hydrogen) atoms. The lowest BCUT2D eigenvalue weighted by molar-refractivity contribution is -0.117. The third-order valence-electron chi connectivity index (χ3n) is 2.44. The van der Waals surface area contributed by atoms with E-state index in [0.717, 1.165) is 0 Å².